The van der Waals surface area contributed by atoms with Gasteiger partial charge in [0, 0.05) is 23.2 Å². The highest BCUT2D eigenvalue weighted by Gasteiger charge is 2.35. The molecule has 1 N–H and O–H groups in total. The maximum atomic E-state index is 12.6. The van der Waals surface area contributed by atoms with E-state index in [9.17, 15) is 14.4 Å². The second-order valence-electron chi connectivity index (χ2n) is 5.84. The molecule has 0 saturated carbocycles. The van der Waals surface area contributed by atoms with Gasteiger partial charge in [0.15, 0.2) is 11.6 Å². The third-order valence-corrected chi connectivity index (χ3v) is 4.22. The molecule has 1 amide bonds. The molecule has 1 aliphatic rings. The van der Waals surface area contributed by atoms with Crippen LogP contribution in [0.15, 0.2) is 42.5 Å². The smallest absolute Gasteiger partial charge is 0.232 e. The summed E-state index contributed by atoms with van der Waals surface area (Å²) in [5, 5.41) is 2.82. The number of hydrogen-bond donors (Lipinski definition) is 1. The van der Waals surface area contributed by atoms with Gasteiger partial charge in [-0.25, -0.2) is 0 Å². The van der Waals surface area contributed by atoms with Crippen molar-refractivity contribution in [1.29, 1.82) is 0 Å². The van der Waals surface area contributed by atoms with Crippen LogP contribution in [0.4, 0.5) is 5.69 Å². The van der Waals surface area contributed by atoms with Crippen LogP contribution in [0, 0.1) is 6.92 Å². The predicted molar refractivity (Wildman–Crippen MR) is 87.9 cm³/mol. The molecule has 0 aliphatic heterocycles. The molecular weight excluding hydrogens is 290 g/mol. The SMILES string of the molecule is CC(=O)c1cccc(NC(=O)C2CC(=O)c3cccc(C)c32)c1. The number of hydrogen-bond acceptors (Lipinski definition) is 3. The molecule has 0 spiro atoms. The Kier molecular flexibility index (Phi) is 3.82. The molecule has 1 aliphatic carbocycles. The number of Topliss-reactive ketones (excluding diaryl/α,β-unsaturated/α-hetero) is 2. The van der Waals surface area contributed by atoms with Gasteiger partial charge in [0.25, 0.3) is 0 Å². The van der Waals surface area contributed by atoms with Gasteiger partial charge in [-0.3, -0.25) is 14.4 Å². The Labute approximate surface area is 134 Å². The zero-order valence-corrected chi connectivity index (χ0v) is 13.1. The van der Waals surface area contributed by atoms with Crippen LogP contribution < -0.4 is 5.32 Å². The number of carbonyl (C=O) groups excluding carboxylic acids is 3. The van der Waals surface area contributed by atoms with Gasteiger partial charge in [0.05, 0.1) is 5.92 Å². The number of aryl methyl sites for hydroxylation is 1. The van der Waals surface area contributed by atoms with Gasteiger partial charge in [-0.15, -0.1) is 0 Å². The summed E-state index contributed by atoms with van der Waals surface area (Å²) in [5.74, 6) is -0.744. The summed E-state index contributed by atoms with van der Waals surface area (Å²) >= 11 is 0. The summed E-state index contributed by atoms with van der Waals surface area (Å²) in [4.78, 5) is 36.1. The Morgan fingerprint density at radius 2 is 1.87 bits per heavy atom. The molecule has 4 nitrogen and oxygen atoms in total. The van der Waals surface area contributed by atoms with Crippen molar-refractivity contribution in [3.8, 4) is 0 Å². The fraction of sp³-hybridized carbons (Fsp3) is 0.211. The first-order valence-electron chi connectivity index (χ1n) is 7.52. The van der Waals surface area contributed by atoms with E-state index in [2.05, 4.69) is 5.32 Å². The molecule has 1 unspecified atom stereocenters. The van der Waals surface area contributed by atoms with E-state index in [1.807, 2.05) is 19.1 Å². The molecule has 0 radical (unpaired) electrons. The lowest BCUT2D eigenvalue weighted by atomic mass is 9.95. The predicted octanol–water partition coefficient (Wildman–Crippen LogP) is 3.51. The normalized spacial score (nSPS) is 16.1. The van der Waals surface area contributed by atoms with Crippen molar-refractivity contribution >= 4 is 23.2 Å². The van der Waals surface area contributed by atoms with Crippen LogP contribution in [0.3, 0.4) is 0 Å². The Balaban J connectivity index is 1.87. The number of fused-ring (bicyclic) bond motifs is 1. The summed E-state index contributed by atoms with van der Waals surface area (Å²) in [6.45, 7) is 3.39. The van der Waals surface area contributed by atoms with Crippen molar-refractivity contribution in [1.82, 2.24) is 0 Å². The summed E-state index contributed by atoms with van der Waals surface area (Å²) in [7, 11) is 0. The lowest BCUT2D eigenvalue weighted by Gasteiger charge is -2.14. The highest BCUT2D eigenvalue weighted by Crippen LogP contribution is 2.36. The maximum Gasteiger partial charge on any atom is 0.232 e. The van der Waals surface area contributed by atoms with Gasteiger partial charge >= 0.3 is 0 Å². The molecule has 0 heterocycles. The zero-order valence-electron chi connectivity index (χ0n) is 13.1. The third-order valence-electron chi connectivity index (χ3n) is 4.22. The van der Waals surface area contributed by atoms with Gasteiger partial charge in [-0.05, 0) is 37.1 Å². The fourth-order valence-electron chi connectivity index (χ4n) is 3.05. The van der Waals surface area contributed by atoms with E-state index in [1.54, 1.807) is 30.3 Å². The molecule has 2 aromatic carbocycles. The van der Waals surface area contributed by atoms with Crippen molar-refractivity contribution < 1.29 is 14.4 Å². The average molecular weight is 307 g/mol. The minimum atomic E-state index is -0.473. The minimum absolute atomic E-state index is 0.00124. The average Bonchev–Trinajstić information content (AvgIpc) is 2.86. The molecule has 0 fully saturated rings. The van der Waals surface area contributed by atoms with Crippen LogP contribution in [0.5, 0.6) is 0 Å². The fourth-order valence-corrected chi connectivity index (χ4v) is 3.05. The number of nitrogens with one attached hydrogen (secondary N) is 1. The summed E-state index contributed by atoms with van der Waals surface area (Å²) < 4.78 is 0. The Hall–Kier alpha value is -2.75. The quantitative estimate of drug-likeness (QED) is 0.883. The highest BCUT2D eigenvalue weighted by molar-refractivity contribution is 6.10. The van der Waals surface area contributed by atoms with E-state index < -0.39 is 5.92 Å². The molecule has 0 saturated heterocycles. The van der Waals surface area contributed by atoms with Crippen LogP contribution in [0.25, 0.3) is 0 Å². The van der Waals surface area contributed by atoms with Gasteiger partial charge in [-0.2, -0.15) is 0 Å². The van der Waals surface area contributed by atoms with Crippen LogP contribution in [-0.2, 0) is 4.79 Å². The van der Waals surface area contributed by atoms with Crippen molar-refractivity contribution in [2.24, 2.45) is 0 Å². The van der Waals surface area contributed by atoms with Crippen molar-refractivity contribution in [3.05, 3.63) is 64.7 Å². The van der Waals surface area contributed by atoms with Crippen LogP contribution in [0.2, 0.25) is 0 Å². The van der Waals surface area contributed by atoms with Crippen LogP contribution in [0.1, 0.15) is 51.1 Å². The largest absolute Gasteiger partial charge is 0.326 e. The molecule has 116 valence electrons. The van der Waals surface area contributed by atoms with Crippen molar-refractivity contribution in [2.45, 2.75) is 26.2 Å². The van der Waals surface area contributed by atoms with Gasteiger partial charge in [-0.1, -0.05) is 30.3 Å². The van der Waals surface area contributed by atoms with Gasteiger partial charge in [0.2, 0.25) is 5.91 Å². The Bertz CT molecular complexity index is 823. The molecule has 3 rings (SSSR count). The summed E-state index contributed by atoms with van der Waals surface area (Å²) in [6, 6.07) is 12.3. The zero-order chi connectivity index (χ0) is 16.6. The number of benzene rings is 2. The van der Waals surface area contributed by atoms with E-state index in [0.717, 1.165) is 11.1 Å². The second-order valence-corrected chi connectivity index (χ2v) is 5.84. The summed E-state index contributed by atoms with van der Waals surface area (Å²) in [5.41, 5.74) is 3.52. The molecule has 0 aromatic heterocycles. The van der Waals surface area contributed by atoms with Crippen molar-refractivity contribution in [3.63, 3.8) is 0 Å². The number of ketones is 2. The maximum absolute atomic E-state index is 12.6. The van der Waals surface area contributed by atoms with Crippen LogP contribution in [-0.4, -0.2) is 17.5 Å². The number of amides is 1. The molecule has 2 aromatic rings. The summed E-state index contributed by atoms with van der Waals surface area (Å²) in [6.07, 6.45) is 0.193. The number of anilines is 1. The topological polar surface area (TPSA) is 63.2 Å². The van der Waals surface area contributed by atoms with E-state index in [1.165, 1.54) is 6.92 Å². The standard InChI is InChI=1S/C19H17NO3/c1-11-5-3-8-15-17(22)10-16(18(11)15)19(23)20-14-7-4-6-13(9-14)12(2)21/h3-9,16H,10H2,1-2H3,(H,20,23). The second kappa shape index (κ2) is 5.80. The van der Waals surface area contributed by atoms with Crippen LogP contribution >= 0.6 is 0 Å². The molecule has 1 atom stereocenters. The number of carbonyl (C=O) groups is 3. The van der Waals surface area contributed by atoms with E-state index in [-0.39, 0.29) is 23.9 Å². The van der Waals surface area contributed by atoms with Crippen molar-refractivity contribution in [2.75, 3.05) is 5.32 Å². The Morgan fingerprint density at radius 1 is 1.13 bits per heavy atom. The lowest BCUT2D eigenvalue weighted by Crippen LogP contribution is -2.20. The minimum Gasteiger partial charge on any atom is -0.326 e. The molecular formula is C19H17NO3. The molecule has 4 heteroatoms. The third kappa shape index (κ3) is 2.80. The van der Waals surface area contributed by atoms with Gasteiger partial charge in [0.1, 0.15) is 0 Å². The molecule has 0 bridgehead atoms. The first kappa shape index (κ1) is 15.2. The Morgan fingerprint density at radius 3 is 2.61 bits per heavy atom. The van der Waals surface area contributed by atoms with E-state index >= 15 is 0 Å². The number of rotatable bonds is 3. The first-order valence-corrected chi connectivity index (χ1v) is 7.52. The molecule has 23 heavy (non-hydrogen) atoms. The monoisotopic (exact) mass is 307 g/mol. The first-order chi connectivity index (χ1) is 11.0. The van der Waals surface area contributed by atoms with Gasteiger partial charge < -0.3 is 5.32 Å². The van der Waals surface area contributed by atoms with E-state index in [0.29, 0.717) is 16.8 Å². The van der Waals surface area contributed by atoms with E-state index in [4.69, 9.17) is 0 Å². The highest BCUT2D eigenvalue weighted by atomic mass is 16.2. The lowest BCUT2D eigenvalue weighted by molar-refractivity contribution is -0.117.